The van der Waals surface area contributed by atoms with Gasteiger partial charge >= 0.3 is 0 Å². The molecular weight excluding hydrogens is 306 g/mol. The lowest BCUT2D eigenvalue weighted by atomic mass is 9.79. The summed E-state index contributed by atoms with van der Waals surface area (Å²) in [5.74, 6) is 0.516. The van der Waals surface area contributed by atoms with Crippen LogP contribution in [0.4, 0.5) is 0 Å². The summed E-state index contributed by atoms with van der Waals surface area (Å²) in [7, 11) is 0. The Morgan fingerprint density at radius 2 is 2.21 bits per heavy atom. The summed E-state index contributed by atoms with van der Waals surface area (Å²) in [6.45, 7) is 2.20. The second-order valence-corrected chi connectivity index (χ2v) is 6.42. The van der Waals surface area contributed by atoms with Crippen molar-refractivity contribution in [2.75, 3.05) is 19.6 Å². The van der Waals surface area contributed by atoms with E-state index in [1.165, 1.54) is 12.4 Å². The van der Waals surface area contributed by atoms with Crippen molar-refractivity contribution in [3.8, 4) is 0 Å². The highest BCUT2D eigenvalue weighted by molar-refractivity contribution is 5.93. The molecule has 2 aromatic rings. The molecule has 4 rings (SSSR count). The largest absolute Gasteiger partial charge is 0.350 e. The van der Waals surface area contributed by atoms with Crippen molar-refractivity contribution in [3.05, 3.63) is 58.3 Å². The molecule has 0 unspecified atom stereocenters. The van der Waals surface area contributed by atoms with E-state index >= 15 is 0 Å². The van der Waals surface area contributed by atoms with Gasteiger partial charge in [-0.05, 0) is 24.5 Å². The second-order valence-electron chi connectivity index (χ2n) is 6.42. The van der Waals surface area contributed by atoms with Gasteiger partial charge in [-0.3, -0.25) is 9.59 Å². The molecule has 24 heavy (non-hydrogen) atoms. The lowest BCUT2D eigenvalue weighted by Crippen LogP contribution is -2.50. The van der Waals surface area contributed by atoms with Gasteiger partial charge in [-0.1, -0.05) is 6.07 Å². The van der Waals surface area contributed by atoms with Gasteiger partial charge in [-0.15, -0.1) is 0 Å². The Morgan fingerprint density at radius 3 is 3.04 bits per heavy atom. The zero-order valence-electron chi connectivity index (χ0n) is 13.2. The van der Waals surface area contributed by atoms with E-state index < -0.39 is 0 Å². The fraction of sp³-hybridized carbons (Fsp3) is 0.412. The lowest BCUT2D eigenvalue weighted by molar-refractivity contribution is 0.0931. The van der Waals surface area contributed by atoms with E-state index in [-0.39, 0.29) is 17.5 Å². The number of rotatable bonds is 3. The zero-order valence-corrected chi connectivity index (χ0v) is 13.2. The van der Waals surface area contributed by atoms with Crippen molar-refractivity contribution in [1.82, 2.24) is 25.4 Å². The third-order valence-electron chi connectivity index (χ3n) is 5.02. The summed E-state index contributed by atoms with van der Waals surface area (Å²) < 4.78 is 1.88. The van der Waals surface area contributed by atoms with E-state index in [1.807, 2.05) is 16.7 Å². The van der Waals surface area contributed by atoms with Crippen molar-refractivity contribution in [2.24, 2.45) is 5.92 Å². The molecule has 3 atom stereocenters. The smallest absolute Gasteiger partial charge is 0.253 e. The molecule has 7 nitrogen and oxygen atoms in total. The average molecular weight is 325 g/mol. The number of nitrogens with one attached hydrogen (secondary N) is 2. The molecule has 2 aromatic heterocycles. The second kappa shape index (κ2) is 6.16. The van der Waals surface area contributed by atoms with Gasteiger partial charge < -0.3 is 15.2 Å². The minimum Gasteiger partial charge on any atom is -0.350 e. The van der Waals surface area contributed by atoms with Crippen LogP contribution in [0.5, 0.6) is 0 Å². The number of hydrogen-bond donors (Lipinski definition) is 2. The van der Waals surface area contributed by atoms with E-state index in [2.05, 4.69) is 20.8 Å². The maximum Gasteiger partial charge on any atom is 0.253 e. The highest BCUT2D eigenvalue weighted by Crippen LogP contribution is 2.38. The molecule has 1 amide bonds. The predicted octanol–water partition coefficient (Wildman–Crippen LogP) is 0.316. The first kappa shape index (κ1) is 15.0. The topological polar surface area (TPSA) is 88.9 Å². The van der Waals surface area contributed by atoms with E-state index in [4.69, 9.17) is 0 Å². The monoisotopic (exact) mass is 325 g/mol. The number of aromatic nitrogens is 3. The molecule has 124 valence electrons. The number of hydrogen-bond acceptors (Lipinski definition) is 5. The standard InChI is InChI=1S/C17H19N5O2/c23-16-3-1-2-14-12-6-13(8-18-7-12)15(22(14)16)10-19-17(24)11-4-5-20-21-9-11/h1-5,9,12-13,15,18H,6-8,10H2,(H,19,24)/t12-,13+,15+/m1/s1. The fourth-order valence-corrected chi connectivity index (χ4v) is 3.89. The van der Waals surface area contributed by atoms with Gasteiger partial charge in [0.05, 0.1) is 24.0 Å². The molecule has 7 heteroatoms. The highest BCUT2D eigenvalue weighted by atomic mass is 16.1. The summed E-state index contributed by atoms with van der Waals surface area (Å²) in [4.78, 5) is 24.7. The molecule has 2 aliphatic rings. The minimum atomic E-state index is -0.193. The molecule has 2 N–H and O–H groups in total. The number of fused-ring (bicyclic) bond motifs is 4. The Hall–Kier alpha value is -2.54. The van der Waals surface area contributed by atoms with Crippen molar-refractivity contribution in [3.63, 3.8) is 0 Å². The van der Waals surface area contributed by atoms with Crippen LogP contribution in [0.15, 0.2) is 41.5 Å². The molecule has 2 aliphatic heterocycles. The van der Waals surface area contributed by atoms with Crippen molar-refractivity contribution in [2.45, 2.75) is 18.4 Å². The van der Waals surface area contributed by atoms with Crippen molar-refractivity contribution in [1.29, 1.82) is 0 Å². The van der Waals surface area contributed by atoms with Gasteiger partial charge in [-0.2, -0.15) is 10.2 Å². The Balaban J connectivity index is 1.60. The average Bonchev–Trinajstić information content (AvgIpc) is 2.63. The van der Waals surface area contributed by atoms with E-state index in [1.54, 1.807) is 12.1 Å². The van der Waals surface area contributed by atoms with E-state index in [9.17, 15) is 9.59 Å². The Kier molecular flexibility index (Phi) is 3.86. The quantitative estimate of drug-likeness (QED) is 0.848. The molecule has 2 bridgehead atoms. The summed E-state index contributed by atoms with van der Waals surface area (Å²) in [6.07, 6.45) is 3.98. The van der Waals surface area contributed by atoms with Gasteiger partial charge in [-0.25, -0.2) is 0 Å². The van der Waals surface area contributed by atoms with E-state index in [0.717, 1.165) is 25.2 Å². The van der Waals surface area contributed by atoms with Crippen molar-refractivity contribution < 1.29 is 4.79 Å². The summed E-state index contributed by atoms with van der Waals surface area (Å²) in [5, 5.41) is 13.8. The first-order valence-corrected chi connectivity index (χ1v) is 8.21. The lowest BCUT2D eigenvalue weighted by Gasteiger charge is -2.43. The van der Waals surface area contributed by atoms with Crippen LogP contribution >= 0.6 is 0 Å². The molecule has 1 saturated heterocycles. The van der Waals surface area contributed by atoms with Crippen molar-refractivity contribution >= 4 is 5.91 Å². The van der Waals surface area contributed by atoms with Crippen LogP contribution in [-0.4, -0.2) is 40.3 Å². The molecule has 0 spiro atoms. The summed E-state index contributed by atoms with van der Waals surface area (Å²) in [5.41, 5.74) is 1.55. The summed E-state index contributed by atoms with van der Waals surface area (Å²) >= 11 is 0. The van der Waals surface area contributed by atoms with Crippen LogP contribution in [0.2, 0.25) is 0 Å². The van der Waals surface area contributed by atoms with Gasteiger partial charge in [0.25, 0.3) is 11.5 Å². The highest BCUT2D eigenvalue weighted by Gasteiger charge is 2.37. The van der Waals surface area contributed by atoms with Gasteiger partial charge in [0.2, 0.25) is 0 Å². The van der Waals surface area contributed by atoms with Crippen LogP contribution in [0.1, 0.15) is 34.4 Å². The molecule has 4 heterocycles. The van der Waals surface area contributed by atoms with Crippen LogP contribution in [0, 0.1) is 5.92 Å². The third-order valence-corrected chi connectivity index (χ3v) is 5.02. The molecule has 0 aliphatic carbocycles. The number of pyridine rings is 1. The van der Waals surface area contributed by atoms with E-state index in [0.29, 0.717) is 23.9 Å². The van der Waals surface area contributed by atoms with Crippen LogP contribution in [0.25, 0.3) is 0 Å². The Labute approximate surface area is 139 Å². The van der Waals surface area contributed by atoms with Gasteiger partial charge in [0, 0.05) is 37.3 Å². The van der Waals surface area contributed by atoms with Crippen LogP contribution < -0.4 is 16.2 Å². The maximum absolute atomic E-state index is 12.4. The van der Waals surface area contributed by atoms with Gasteiger partial charge in [0.1, 0.15) is 0 Å². The predicted molar refractivity (Wildman–Crippen MR) is 87.8 cm³/mol. The normalized spacial score (nSPS) is 24.9. The third kappa shape index (κ3) is 2.60. The Morgan fingerprint density at radius 1 is 1.29 bits per heavy atom. The number of carbonyl (C=O) groups is 1. The molecule has 0 radical (unpaired) electrons. The maximum atomic E-state index is 12.4. The number of amides is 1. The van der Waals surface area contributed by atoms with Crippen LogP contribution in [-0.2, 0) is 0 Å². The zero-order chi connectivity index (χ0) is 16.5. The molecule has 0 aromatic carbocycles. The molecule has 1 fully saturated rings. The number of piperidine rings is 1. The molecular formula is C17H19N5O2. The number of nitrogens with zero attached hydrogens (tertiary/aromatic N) is 3. The first-order valence-electron chi connectivity index (χ1n) is 8.21. The number of carbonyl (C=O) groups excluding carboxylic acids is 1. The Bertz CT molecular complexity index is 804. The SMILES string of the molecule is O=C(NC[C@H]1[C@@H]2CNC[C@@H](C2)c2cccc(=O)n21)c1ccnnc1. The van der Waals surface area contributed by atoms with Crippen LogP contribution in [0.3, 0.4) is 0 Å². The minimum absolute atomic E-state index is 0.00827. The molecule has 0 saturated carbocycles. The fourth-order valence-electron chi connectivity index (χ4n) is 3.89. The van der Waals surface area contributed by atoms with Gasteiger partial charge in [0.15, 0.2) is 0 Å². The summed E-state index contributed by atoms with van der Waals surface area (Å²) in [6, 6.07) is 7.04. The first-order chi connectivity index (χ1) is 11.7.